The van der Waals surface area contributed by atoms with Crippen molar-refractivity contribution in [1.29, 1.82) is 0 Å². The van der Waals surface area contributed by atoms with Crippen molar-refractivity contribution in [2.75, 3.05) is 45.7 Å². The van der Waals surface area contributed by atoms with E-state index in [1.165, 1.54) is 0 Å². The van der Waals surface area contributed by atoms with Gasteiger partial charge in [-0.25, -0.2) is 9.97 Å². The highest BCUT2D eigenvalue weighted by Crippen LogP contribution is 2.14. The van der Waals surface area contributed by atoms with Gasteiger partial charge in [-0.05, 0) is 28.1 Å². The summed E-state index contributed by atoms with van der Waals surface area (Å²) in [6, 6.07) is 0. The second-order valence-electron chi connectivity index (χ2n) is 4.27. The summed E-state index contributed by atoms with van der Waals surface area (Å²) in [7, 11) is 5.70. The number of nitrogens with zero attached hydrogens (tertiary/aromatic N) is 4. The Balaban J connectivity index is 0.000000492. The quantitative estimate of drug-likeness (QED) is 0.755. The molecule has 100 valence electrons. The monoisotopic (exact) mass is 251 g/mol. The molecule has 0 bridgehead atoms. The summed E-state index contributed by atoms with van der Waals surface area (Å²) in [4.78, 5) is 23.6. The molecular formula is C12H21N5O. The fraction of sp³-hybridized carbons (Fsp3) is 0.583. The molecule has 2 heterocycles. The zero-order valence-electron chi connectivity index (χ0n) is 11.5. The molecule has 1 aliphatic heterocycles. The number of nitrogens with one attached hydrogen (secondary N) is 1. The lowest BCUT2D eigenvalue weighted by molar-refractivity contribution is -0.120. The van der Waals surface area contributed by atoms with Gasteiger partial charge in [0.25, 0.3) is 0 Å². The lowest BCUT2D eigenvalue weighted by Gasteiger charge is -2.31. The van der Waals surface area contributed by atoms with Crippen molar-refractivity contribution in [1.82, 2.24) is 20.2 Å². The van der Waals surface area contributed by atoms with Gasteiger partial charge in [-0.3, -0.25) is 9.69 Å². The summed E-state index contributed by atoms with van der Waals surface area (Å²) in [5.41, 5.74) is 0.790. The van der Waals surface area contributed by atoms with E-state index in [9.17, 15) is 4.79 Å². The normalized spacial score (nSPS) is 16.2. The molecule has 1 aromatic rings. The second-order valence-corrected chi connectivity index (χ2v) is 4.27. The highest BCUT2D eigenvalue weighted by atomic mass is 16.2. The van der Waals surface area contributed by atoms with E-state index >= 15 is 0 Å². The molecule has 6 heteroatoms. The first kappa shape index (κ1) is 14.5. The number of likely N-dealkylation sites (N-methyl/N-ethyl adjacent to an activating group) is 1. The molecule has 1 amide bonds. The van der Waals surface area contributed by atoms with Crippen molar-refractivity contribution in [3.05, 3.63) is 18.2 Å². The van der Waals surface area contributed by atoms with Gasteiger partial charge in [-0.15, -0.1) is 0 Å². The molecule has 6 nitrogen and oxygen atoms in total. The van der Waals surface area contributed by atoms with Crippen LogP contribution in [0.5, 0.6) is 0 Å². The fourth-order valence-electron chi connectivity index (χ4n) is 1.59. The van der Waals surface area contributed by atoms with E-state index in [1.807, 2.05) is 33.0 Å². The predicted molar refractivity (Wildman–Crippen MR) is 71.6 cm³/mol. The van der Waals surface area contributed by atoms with Crippen LogP contribution in [0.2, 0.25) is 0 Å². The minimum atomic E-state index is 0.108. The number of rotatable bonds is 1. The van der Waals surface area contributed by atoms with Crippen molar-refractivity contribution in [2.45, 2.75) is 6.92 Å². The van der Waals surface area contributed by atoms with Gasteiger partial charge in [-0.2, -0.15) is 0 Å². The average Bonchev–Trinajstić information content (AvgIpc) is 2.32. The summed E-state index contributed by atoms with van der Waals surface area (Å²) in [5, 5.41) is 2.75. The number of carbonyl (C=O) groups excluding carboxylic acids is 1. The smallest absolute Gasteiger partial charge is 0.241 e. The molecule has 0 unspecified atom stereocenters. The van der Waals surface area contributed by atoms with Gasteiger partial charge in [0.15, 0.2) is 0 Å². The van der Waals surface area contributed by atoms with Crippen LogP contribution in [-0.4, -0.2) is 61.6 Å². The van der Waals surface area contributed by atoms with Crippen molar-refractivity contribution in [3.8, 4) is 0 Å². The maximum absolute atomic E-state index is 11.7. The molecule has 0 spiro atoms. The van der Waals surface area contributed by atoms with E-state index < -0.39 is 0 Å². The third-order valence-corrected chi connectivity index (χ3v) is 2.49. The standard InChI is InChI=1S/C10H14N4O.C2H7N/c1-8-11-5-9(6-12-8)14-4-3-13(2)7-10(14)15;1-3-2/h5-6H,3-4,7H2,1-2H3;3H,1-2H3. The van der Waals surface area contributed by atoms with Gasteiger partial charge in [0.1, 0.15) is 5.82 Å². The number of aromatic nitrogens is 2. The molecule has 0 radical (unpaired) electrons. The van der Waals surface area contributed by atoms with Gasteiger partial charge < -0.3 is 10.2 Å². The molecule has 0 aliphatic carbocycles. The van der Waals surface area contributed by atoms with E-state index in [2.05, 4.69) is 15.3 Å². The number of hydrogen-bond acceptors (Lipinski definition) is 5. The van der Waals surface area contributed by atoms with Crippen LogP contribution in [0, 0.1) is 6.92 Å². The van der Waals surface area contributed by atoms with Gasteiger partial charge in [0.2, 0.25) is 5.91 Å². The Morgan fingerprint density at radius 2 is 1.78 bits per heavy atom. The molecule has 1 N–H and O–H groups in total. The van der Waals surface area contributed by atoms with E-state index in [0.717, 1.165) is 18.1 Å². The van der Waals surface area contributed by atoms with Crippen LogP contribution in [0.3, 0.4) is 0 Å². The molecule has 1 fully saturated rings. The lowest BCUT2D eigenvalue weighted by atomic mass is 10.3. The average molecular weight is 251 g/mol. The highest BCUT2D eigenvalue weighted by molar-refractivity contribution is 5.95. The SMILES string of the molecule is CNC.Cc1ncc(N2CCN(C)CC2=O)cn1. The van der Waals surface area contributed by atoms with Crippen molar-refractivity contribution < 1.29 is 4.79 Å². The first-order chi connectivity index (χ1) is 8.58. The first-order valence-corrected chi connectivity index (χ1v) is 5.94. The van der Waals surface area contributed by atoms with Crippen LogP contribution >= 0.6 is 0 Å². The van der Waals surface area contributed by atoms with Crippen LogP contribution in [-0.2, 0) is 4.79 Å². The molecule has 0 atom stereocenters. The van der Waals surface area contributed by atoms with Crippen molar-refractivity contribution in [3.63, 3.8) is 0 Å². The third-order valence-electron chi connectivity index (χ3n) is 2.49. The molecule has 2 rings (SSSR count). The summed E-state index contributed by atoms with van der Waals surface area (Å²) < 4.78 is 0. The molecule has 0 saturated carbocycles. The molecular weight excluding hydrogens is 230 g/mol. The van der Waals surface area contributed by atoms with Crippen LogP contribution < -0.4 is 10.2 Å². The first-order valence-electron chi connectivity index (χ1n) is 5.94. The zero-order valence-corrected chi connectivity index (χ0v) is 11.5. The largest absolute Gasteiger partial charge is 0.323 e. The maximum Gasteiger partial charge on any atom is 0.241 e. The molecule has 18 heavy (non-hydrogen) atoms. The van der Waals surface area contributed by atoms with Gasteiger partial charge in [-0.1, -0.05) is 0 Å². The Labute approximate surface area is 108 Å². The number of hydrogen-bond donors (Lipinski definition) is 1. The number of piperazine rings is 1. The highest BCUT2D eigenvalue weighted by Gasteiger charge is 2.22. The number of amides is 1. The molecule has 1 aliphatic rings. The van der Waals surface area contributed by atoms with E-state index in [0.29, 0.717) is 13.1 Å². The minimum absolute atomic E-state index is 0.108. The van der Waals surface area contributed by atoms with Crippen LogP contribution in [0.4, 0.5) is 5.69 Å². The minimum Gasteiger partial charge on any atom is -0.323 e. The van der Waals surface area contributed by atoms with Crippen LogP contribution in [0.1, 0.15) is 5.82 Å². The van der Waals surface area contributed by atoms with Gasteiger partial charge in [0, 0.05) is 13.1 Å². The van der Waals surface area contributed by atoms with Crippen molar-refractivity contribution >= 4 is 11.6 Å². The molecule has 1 aromatic heterocycles. The number of aryl methyl sites for hydroxylation is 1. The summed E-state index contributed by atoms with van der Waals surface area (Å²) >= 11 is 0. The molecule has 1 saturated heterocycles. The number of carbonyl (C=O) groups is 1. The Hall–Kier alpha value is -1.53. The van der Waals surface area contributed by atoms with E-state index in [1.54, 1.807) is 17.3 Å². The van der Waals surface area contributed by atoms with Crippen LogP contribution in [0.25, 0.3) is 0 Å². The lowest BCUT2D eigenvalue weighted by Crippen LogP contribution is -2.49. The van der Waals surface area contributed by atoms with Crippen LogP contribution in [0.15, 0.2) is 12.4 Å². The Kier molecular flexibility index (Phi) is 5.67. The summed E-state index contributed by atoms with van der Waals surface area (Å²) in [6.07, 6.45) is 3.40. The Morgan fingerprint density at radius 3 is 2.28 bits per heavy atom. The number of anilines is 1. The van der Waals surface area contributed by atoms with E-state index in [-0.39, 0.29) is 5.91 Å². The van der Waals surface area contributed by atoms with Crippen molar-refractivity contribution in [2.24, 2.45) is 0 Å². The van der Waals surface area contributed by atoms with E-state index in [4.69, 9.17) is 0 Å². The Morgan fingerprint density at radius 1 is 1.22 bits per heavy atom. The fourth-order valence-corrected chi connectivity index (χ4v) is 1.59. The molecule has 0 aromatic carbocycles. The Bertz CT molecular complexity index is 379. The summed E-state index contributed by atoms with van der Waals surface area (Å²) in [5.74, 6) is 0.830. The third kappa shape index (κ3) is 4.05. The second kappa shape index (κ2) is 7.03. The van der Waals surface area contributed by atoms with Gasteiger partial charge >= 0.3 is 0 Å². The maximum atomic E-state index is 11.7. The summed E-state index contributed by atoms with van der Waals surface area (Å²) in [6.45, 7) is 3.89. The van der Waals surface area contributed by atoms with Gasteiger partial charge in [0.05, 0.1) is 24.6 Å². The topological polar surface area (TPSA) is 61.4 Å². The predicted octanol–water partition coefficient (Wildman–Crippen LogP) is -0.101. The zero-order chi connectivity index (χ0) is 13.5.